The Morgan fingerprint density at radius 2 is 1.76 bits per heavy atom. The monoisotopic (exact) mass is 527 g/mol. The summed E-state index contributed by atoms with van der Waals surface area (Å²) >= 11 is 0. The highest BCUT2D eigenvalue weighted by molar-refractivity contribution is 6.03. The third-order valence-electron chi connectivity index (χ3n) is 5.96. The molecule has 9 nitrogen and oxygen atoms in total. The molecule has 1 unspecified atom stereocenters. The second kappa shape index (κ2) is 11.2. The van der Waals surface area contributed by atoms with Gasteiger partial charge in [-0.1, -0.05) is 12.1 Å². The number of carbonyl (C=O) groups excluding carboxylic acids is 3. The molecule has 1 atom stereocenters. The van der Waals surface area contributed by atoms with Crippen molar-refractivity contribution in [1.29, 1.82) is 0 Å². The van der Waals surface area contributed by atoms with E-state index in [4.69, 9.17) is 4.74 Å². The Bertz CT molecular complexity index is 1310. The van der Waals surface area contributed by atoms with Crippen LogP contribution >= 0.6 is 0 Å². The van der Waals surface area contributed by atoms with Crippen molar-refractivity contribution in [3.8, 4) is 5.75 Å². The van der Waals surface area contributed by atoms with Crippen LogP contribution in [0.5, 0.6) is 5.75 Å². The van der Waals surface area contributed by atoms with Crippen molar-refractivity contribution in [3.63, 3.8) is 0 Å². The Morgan fingerprint density at radius 1 is 1.05 bits per heavy atom. The molecule has 3 amide bonds. The Balaban J connectivity index is 1.34. The van der Waals surface area contributed by atoms with Crippen LogP contribution in [0.2, 0.25) is 0 Å². The molecule has 1 aromatic heterocycles. The minimum absolute atomic E-state index is 0.105. The van der Waals surface area contributed by atoms with Gasteiger partial charge in [0, 0.05) is 25.0 Å². The Labute approximate surface area is 216 Å². The number of hydrogen-bond donors (Lipinski definition) is 3. The lowest BCUT2D eigenvalue weighted by molar-refractivity contribution is -0.139. The number of likely N-dealkylation sites (tertiary alicyclic amines) is 1. The fourth-order valence-electron chi connectivity index (χ4n) is 3.94. The molecule has 1 aliphatic heterocycles. The van der Waals surface area contributed by atoms with Gasteiger partial charge in [0.2, 0.25) is 5.91 Å². The molecule has 12 heteroatoms. The van der Waals surface area contributed by atoms with Gasteiger partial charge in [-0.05, 0) is 60.5 Å². The number of hydrazine groups is 1. The summed E-state index contributed by atoms with van der Waals surface area (Å²) < 4.78 is 43.5. The summed E-state index contributed by atoms with van der Waals surface area (Å²) in [5, 5.41) is 2.85. The lowest BCUT2D eigenvalue weighted by Gasteiger charge is -2.17. The molecular weight excluding hydrogens is 503 g/mol. The van der Waals surface area contributed by atoms with E-state index in [1.807, 2.05) is 12.1 Å². The molecule has 0 aliphatic carbocycles. The van der Waals surface area contributed by atoms with Crippen molar-refractivity contribution in [2.45, 2.75) is 19.1 Å². The summed E-state index contributed by atoms with van der Waals surface area (Å²) in [6, 6.07) is 14.6. The van der Waals surface area contributed by atoms with E-state index in [-0.39, 0.29) is 17.3 Å². The first kappa shape index (κ1) is 26.5. The molecule has 4 rings (SSSR count). The third-order valence-corrected chi connectivity index (χ3v) is 5.96. The zero-order chi connectivity index (χ0) is 27.3. The zero-order valence-electron chi connectivity index (χ0n) is 20.2. The number of rotatable bonds is 7. The molecule has 198 valence electrons. The van der Waals surface area contributed by atoms with Gasteiger partial charge in [-0.25, -0.2) is 4.98 Å². The predicted octanol–water partition coefficient (Wildman–Crippen LogP) is 3.66. The summed E-state index contributed by atoms with van der Waals surface area (Å²) in [6.45, 7) is 0.726. The number of benzene rings is 2. The molecule has 3 N–H and O–H groups in total. The number of halogens is 3. The van der Waals surface area contributed by atoms with E-state index < -0.39 is 29.5 Å². The molecule has 1 aliphatic rings. The van der Waals surface area contributed by atoms with Crippen LogP contribution in [0.1, 0.15) is 28.0 Å². The maximum atomic E-state index is 12.8. The van der Waals surface area contributed by atoms with Crippen LogP contribution in [-0.2, 0) is 22.3 Å². The van der Waals surface area contributed by atoms with Crippen LogP contribution in [0.15, 0.2) is 66.9 Å². The van der Waals surface area contributed by atoms with E-state index in [0.717, 1.165) is 17.7 Å². The van der Waals surface area contributed by atoms with E-state index >= 15 is 0 Å². The number of nitrogens with one attached hydrogen (secondary N) is 3. The van der Waals surface area contributed by atoms with Gasteiger partial charge in [-0.3, -0.25) is 25.2 Å². The summed E-state index contributed by atoms with van der Waals surface area (Å²) in [4.78, 5) is 43.7. The smallest absolute Gasteiger partial charge is 0.416 e. The van der Waals surface area contributed by atoms with Crippen molar-refractivity contribution in [2.75, 3.05) is 19.0 Å². The average Bonchev–Trinajstić information content (AvgIpc) is 3.27. The van der Waals surface area contributed by atoms with Gasteiger partial charge >= 0.3 is 6.18 Å². The van der Waals surface area contributed by atoms with Gasteiger partial charge in [-0.15, -0.1) is 0 Å². The summed E-state index contributed by atoms with van der Waals surface area (Å²) in [5.74, 6) is -2.04. The lowest BCUT2D eigenvalue weighted by atomic mass is 10.1. The molecule has 3 aromatic rings. The first-order chi connectivity index (χ1) is 18.2. The van der Waals surface area contributed by atoms with Crippen LogP contribution < -0.4 is 20.9 Å². The predicted molar refractivity (Wildman–Crippen MR) is 131 cm³/mol. The first-order valence-corrected chi connectivity index (χ1v) is 11.6. The number of carbonyl (C=O) groups is 3. The van der Waals surface area contributed by atoms with Crippen molar-refractivity contribution >= 4 is 29.1 Å². The van der Waals surface area contributed by atoms with Crippen molar-refractivity contribution in [1.82, 2.24) is 20.7 Å². The van der Waals surface area contributed by atoms with E-state index in [1.54, 1.807) is 24.1 Å². The minimum Gasteiger partial charge on any atom is -0.497 e. The Kier molecular flexibility index (Phi) is 7.79. The second-order valence-corrected chi connectivity index (χ2v) is 8.49. The van der Waals surface area contributed by atoms with Crippen LogP contribution in [-0.4, -0.2) is 41.3 Å². The molecule has 0 saturated carbocycles. The fourth-order valence-corrected chi connectivity index (χ4v) is 3.94. The zero-order valence-corrected chi connectivity index (χ0v) is 20.2. The number of pyridine rings is 1. The number of ether oxygens (including phenoxy) is 1. The average molecular weight is 528 g/mol. The van der Waals surface area contributed by atoms with E-state index in [2.05, 4.69) is 21.2 Å². The standard InChI is InChI=1S/C26H24F3N5O4/c1-38-19-10-4-16(5-11-19)15-34-14-12-20(25(34)37)23(35)32-33-24(36)22-21(3-2-13-30-22)31-18-8-6-17(7-9-18)26(27,28)29/h2-11,13,20,31H,12,14-15H2,1H3,(H,32,35)(H,33,36). The molecule has 1 fully saturated rings. The molecule has 38 heavy (non-hydrogen) atoms. The van der Waals surface area contributed by atoms with E-state index in [0.29, 0.717) is 30.9 Å². The first-order valence-electron chi connectivity index (χ1n) is 11.6. The highest BCUT2D eigenvalue weighted by Crippen LogP contribution is 2.30. The van der Waals surface area contributed by atoms with E-state index in [1.165, 1.54) is 30.5 Å². The van der Waals surface area contributed by atoms with Crippen LogP contribution in [0.25, 0.3) is 0 Å². The molecule has 0 bridgehead atoms. The maximum Gasteiger partial charge on any atom is 0.416 e. The SMILES string of the molecule is COc1ccc(CN2CCC(C(=O)NNC(=O)c3ncccc3Nc3ccc(C(F)(F)F)cc3)C2=O)cc1. The van der Waals surface area contributed by atoms with Crippen LogP contribution in [0.3, 0.4) is 0 Å². The summed E-state index contributed by atoms with van der Waals surface area (Å²) in [7, 11) is 1.56. The van der Waals surface area contributed by atoms with Crippen molar-refractivity contribution < 1.29 is 32.3 Å². The lowest BCUT2D eigenvalue weighted by Crippen LogP contribution is -2.46. The molecule has 2 aromatic carbocycles. The fraction of sp³-hybridized carbons (Fsp3) is 0.231. The minimum atomic E-state index is -4.47. The molecule has 1 saturated heterocycles. The summed E-state index contributed by atoms with van der Waals surface area (Å²) in [5.41, 5.74) is 5.01. The molecule has 0 radical (unpaired) electrons. The van der Waals surface area contributed by atoms with Gasteiger partial charge < -0.3 is 15.0 Å². The van der Waals surface area contributed by atoms with E-state index in [9.17, 15) is 27.6 Å². The number of hydrogen-bond acceptors (Lipinski definition) is 6. The number of methoxy groups -OCH3 is 1. The highest BCUT2D eigenvalue weighted by Gasteiger charge is 2.37. The summed E-state index contributed by atoms with van der Waals surface area (Å²) in [6.07, 6.45) is -2.82. The Morgan fingerprint density at radius 3 is 2.42 bits per heavy atom. The van der Waals surface area contributed by atoms with Gasteiger partial charge in [-0.2, -0.15) is 13.2 Å². The van der Waals surface area contributed by atoms with Gasteiger partial charge in [0.1, 0.15) is 11.7 Å². The van der Waals surface area contributed by atoms with Crippen molar-refractivity contribution in [3.05, 3.63) is 83.7 Å². The quantitative estimate of drug-likeness (QED) is 0.319. The van der Waals surface area contributed by atoms with Gasteiger partial charge in [0.25, 0.3) is 11.8 Å². The third kappa shape index (κ3) is 6.20. The maximum absolute atomic E-state index is 12.8. The van der Waals surface area contributed by atoms with Crippen molar-refractivity contribution in [2.24, 2.45) is 5.92 Å². The number of anilines is 2. The number of aromatic nitrogens is 1. The number of nitrogens with zero attached hydrogens (tertiary/aromatic N) is 2. The van der Waals surface area contributed by atoms with Gasteiger partial charge in [0.15, 0.2) is 5.69 Å². The Hall–Kier alpha value is -4.61. The number of alkyl halides is 3. The largest absolute Gasteiger partial charge is 0.497 e. The van der Waals surface area contributed by atoms with Crippen LogP contribution in [0, 0.1) is 5.92 Å². The highest BCUT2D eigenvalue weighted by atomic mass is 19.4. The van der Waals surface area contributed by atoms with Crippen LogP contribution in [0.4, 0.5) is 24.5 Å². The molecular formula is C26H24F3N5O4. The van der Waals surface area contributed by atoms with Gasteiger partial charge in [0.05, 0.1) is 18.4 Å². The topological polar surface area (TPSA) is 113 Å². The normalized spacial score (nSPS) is 15.2. The molecule has 0 spiro atoms. The second-order valence-electron chi connectivity index (χ2n) is 8.49. The number of amides is 3. The molecule has 2 heterocycles.